The number of benzene rings is 2. The highest BCUT2D eigenvalue weighted by Gasteiger charge is 2.30. The van der Waals surface area contributed by atoms with E-state index in [2.05, 4.69) is 4.99 Å². The fourth-order valence-corrected chi connectivity index (χ4v) is 3.78. The minimum absolute atomic E-state index is 0.444. The van der Waals surface area contributed by atoms with Crippen LogP contribution in [0.5, 0.6) is 5.75 Å². The Hall–Kier alpha value is -3.29. The van der Waals surface area contributed by atoms with Gasteiger partial charge in [-0.1, -0.05) is 24.3 Å². The molecule has 202 valence electrons. The molecule has 8 heteroatoms. The Morgan fingerprint density at radius 3 is 2.27 bits per heavy atom. The van der Waals surface area contributed by atoms with E-state index in [-0.39, 0.29) is 0 Å². The zero-order valence-corrected chi connectivity index (χ0v) is 22.7. The summed E-state index contributed by atoms with van der Waals surface area (Å²) in [7, 11) is 1.91. The number of aryl methyl sites for hydroxylation is 2. The van der Waals surface area contributed by atoms with Gasteiger partial charge in [0.25, 0.3) is 0 Å². The molecule has 0 spiro atoms. The number of halogens is 3. The van der Waals surface area contributed by atoms with Crippen molar-refractivity contribution in [2.45, 2.75) is 60.6 Å². The maximum atomic E-state index is 12.8. The number of nitrogens with zero attached hydrogens (tertiary/aromatic N) is 2. The molecule has 0 aliphatic rings. The molecule has 0 saturated heterocycles. The molecule has 0 bridgehead atoms. The molecule has 0 aliphatic heterocycles. The van der Waals surface area contributed by atoms with Gasteiger partial charge in [-0.15, -0.1) is 0 Å². The third kappa shape index (κ3) is 8.37. The predicted molar refractivity (Wildman–Crippen MR) is 142 cm³/mol. The summed E-state index contributed by atoms with van der Waals surface area (Å²) < 4.78 is 44.5. The fourth-order valence-electron chi connectivity index (χ4n) is 3.78. The number of amidine groups is 1. The number of aliphatic imine (C=N–C) groups is 1. The Balaban J connectivity index is 1.95. The Kier molecular flexibility index (Phi) is 9.95. The van der Waals surface area contributed by atoms with Crippen molar-refractivity contribution in [3.63, 3.8) is 0 Å². The Labute approximate surface area is 217 Å². The van der Waals surface area contributed by atoms with Crippen LogP contribution in [0.15, 0.2) is 47.5 Å². The van der Waals surface area contributed by atoms with Crippen molar-refractivity contribution in [1.82, 2.24) is 4.90 Å². The van der Waals surface area contributed by atoms with Crippen molar-refractivity contribution in [2.75, 3.05) is 20.2 Å². The zero-order chi connectivity index (χ0) is 28.0. The molecule has 2 rings (SSSR count). The number of allylic oxidation sites excluding steroid dienone is 1. The molecule has 2 aromatic carbocycles. The normalized spacial score (nSPS) is 13.0. The van der Waals surface area contributed by atoms with Crippen molar-refractivity contribution in [3.05, 3.63) is 70.3 Å². The van der Waals surface area contributed by atoms with E-state index in [1.165, 1.54) is 12.1 Å². The van der Waals surface area contributed by atoms with E-state index < -0.39 is 23.1 Å². The lowest BCUT2D eigenvalue weighted by atomic mass is 9.84. The van der Waals surface area contributed by atoms with Gasteiger partial charge in [0.15, 0.2) is 0 Å². The first-order valence-electron chi connectivity index (χ1n) is 12.2. The van der Waals surface area contributed by atoms with Crippen LogP contribution < -0.4 is 4.74 Å². The first-order chi connectivity index (χ1) is 17.2. The van der Waals surface area contributed by atoms with Gasteiger partial charge in [-0.05, 0) is 94.8 Å². The minimum atomic E-state index is -4.37. The van der Waals surface area contributed by atoms with Gasteiger partial charge in [-0.3, -0.25) is 4.79 Å². The first kappa shape index (κ1) is 29.9. The highest BCUT2D eigenvalue weighted by atomic mass is 19.4. The molecule has 0 fully saturated rings. The summed E-state index contributed by atoms with van der Waals surface area (Å²) in [5, 5.41) is 9.42. The summed E-state index contributed by atoms with van der Waals surface area (Å²) in [4.78, 5) is 18.1. The molecule has 0 saturated carbocycles. The maximum absolute atomic E-state index is 12.8. The molecule has 2 aromatic rings. The second kappa shape index (κ2) is 12.3. The van der Waals surface area contributed by atoms with E-state index in [0.717, 1.165) is 46.8 Å². The summed E-state index contributed by atoms with van der Waals surface area (Å²) in [5.41, 5.74) is 2.65. The molecule has 0 aliphatic carbocycles. The molecule has 0 unspecified atom stereocenters. The number of ether oxygens (including phenoxy) is 1. The van der Waals surface area contributed by atoms with Crippen molar-refractivity contribution in [1.29, 1.82) is 0 Å². The molecular formula is C29H37F3N2O3. The standard InChI is InChI=1S/C29H37F3N2O3/c1-8-25(22-10-12-24(13-11-22)29(30,31)32)33-21(4)34(7)14-9-15-37-26-17-19(2)23(16-20(26)3)18-28(5,6)27(35)36/h8,10-13,16-17H,9,14-15,18H2,1-7H3,(H,35,36)/b25-8-,33-21?. The Morgan fingerprint density at radius 2 is 1.73 bits per heavy atom. The fraction of sp³-hybridized carbons (Fsp3) is 0.448. The van der Waals surface area contributed by atoms with Crippen molar-refractivity contribution in [3.8, 4) is 5.75 Å². The highest BCUT2D eigenvalue weighted by Crippen LogP contribution is 2.31. The number of aliphatic carboxylic acids is 1. The van der Waals surface area contributed by atoms with Crippen LogP contribution in [0.25, 0.3) is 5.70 Å². The summed E-state index contributed by atoms with van der Waals surface area (Å²) in [6, 6.07) is 8.95. The molecule has 0 atom stereocenters. The van der Waals surface area contributed by atoms with Crippen LogP contribution >= 0.6 is 0 Å². The van der Waals surface area contributed by atoms with E-state index in [1.54, 1.807) is 26.8 Å². The monoisotopic (exact) mass is 518 g/mol. The van der Waals surface area contributed by atoms with E-state index in [4.69, 9.17) is 4.74 Å². The number of carboxylic acids is 1. The molecule has 5 nitrogen and oxygen atoms in total. The molecule has 1 N–H and O–H groups in total. The minimum Gasteiger partial charge on any atom is -0.493 e. The number of carbonyl (C=O) groups is 1. The van der Waals surface area contributed by atoms with Gasteiger partial charge in [0.2, 0.25) is 0 Å². The van der Waals surface area contributed by atoms with E-state index in [0.29, 0.717) is 30.8 Å². The molecule has 0 amide bonds. The van der Waals surface area contributed by atoms with Crippen LogP contribution in [0.4, 0.5) is 13.2 Å². The number of carboxylic acid groups (broad SMARTS) is 1. The Morgan fingerprint density at radius 1 is 1.11 bits per heavy atom. The van der Waals surface area contributed by atoms with E-state index in [9.17, 15) is 23.1 Å². The van der Waals surface area contributed by atoms with Gasteiger partial charge in [0.05, 0.1) is 23.3 Å². The number of rotatable bonds is 10. The number of hydrogen-bond acceptors (Lipinski definition) is 3. The highest BCUT2D eigenvalue weighted by molar-refractivity contribution is 5.86. The van der Waals surface area contributed by atoms with Gasteiger partial charge < -0.3 is 14.7 Å². The molecule has 0 aromatic heterocycles. The topological polar surface area (TPSA) is 62.1 Å². The average molecular weight is 519 g/mol. The van der Waals surface area contributed by atoms with Crippen LogP contribution in [0.2, 0.25) is 0 Å². The van der Waals surface area contributed by atoms with Crippen LogP contribution in [-0.4, -0.2) is 42.0 Å². The van der Waals surface area contributed by atoms with Crippen LogP contribution in [0, 0.1) is 19.3 Å². The third-order valence-electron chi connectivity index (χ3n) is 6.36. The molecule has 0 heterocycles. The lowest BCUT2D eigenvalue weighted by molar-refractivity contribution is -0.146. The molecule has 0 radical (unpaired) electrons. The van der Waals surface area contributed by atoms with E-state index in [1.807, 2.05) is 44.9 Å². The summed E-state index contributed by atoms with van der Waals surface area (Å²) in [6.07, 6.45) is -1.41. The summed E-state index contributed by atoms with van der Waals surface area (Å²) in [6.45, 7) is 12.2. The summed E-state index contributed by atoms with van der Waals surface area (Å²) >= 11 is 0. The smallest absolute Gasteiger partial charge is 0.416 e. The largest absolute Gasteiger partial charge is 0.493 e. The van der Waals surface area contributed by atoms with Gasteiger partial charge in [0.1, 0.15) is 11.6 Å². The van der Waals surface area contributed by atoms with Gasteiger partial charge >= 0.3 is 12.1 Å². The van der Waals surface area contributed by atoms with Crippen molar-refractivity contribution >= 4 is 17.5 Å². The van der Waals surface area contributed by atoms with Crippen molar-refractivity contribution in [2.24, 2.45) is 10.4 Å². The van der Waals surface area contributed by atoms with E-state index >= 15 is 0 Å². The number of hydrogen-bond donors (Lipinski definition) is 1. The molecule has 37 heavy (non-hydrogen) atoms. The quantitative estimate of drug-likeness (QED) is 0.206. The Bertz CT molecular complexity index is 1150. The lowest BCUT2D eigenvalue weighted by Gasteiger charge is -2.22. The van der Waals surface area contributed by atoms with Crippen LogP contribution in [-0.2, 0) is 17.4 Å². The number of alkyl halides is 3. The second-order valence-corrected chi connectivity index (χ2v) is 9.94. The van der Waals surface area contributed by atoms with Gasteiger partial charge in [-0.2, -0.15) is 13.2 Å². The molecular weight excluding hydrogens is 481 g/mol. The second-order valence-electron chi connectivity index (χ2n) is 9.94. The van der Waals surface area contributed by atoms with Gasteiger partial charge in [-0.25, -0.2) is 4.99 Å². The van der Waals surface area contributed by atoms with Crippen LogP contribution in [0.3, 0.4) is 0 Å². The average Bonchev–Trinajstić information content (AvgIpc) is 2.82. The third-order valence-corrected chi connectivity index (χ3v) is 6.36. The first-order valence-corrected chi connectivity index (χ1v) is 12.2. The zero-order valence-electron chi connectivity index (χ0n) is 22.7. The van der Waals surface area contributed by atoms with Crippen molar-refractivity contribution < 1.29 is 27.8 Å². The SMILES string of the molecule is C/C=C(\N=C(C)N(C)CCCOc1cc(C)c(CC(C)(C)C(=O)O)cc1C)c1ccc(C(F)(F)F)cc1. The summed E-state index contributed by atoms with van der Waals surface area (Å²) in [5.74, 6) is 0.695. The lowest BCUT2D eigenvalue weighted by Crippen LogP contribution is -2.27. The maximum Gasteiger partial charge on any atom is 0.416 e. The van der Waals surface area contributed by atoms with Crippen LogP contribution in [0.1, 0.15) is 61.9 Å². The van der Waals surface area contributed by atoms with Gasteiger partial charge in [0, 0.05) is 13.6 Å². The predicted octanol–water partition coefficient (Wildman–Crippen LogP) is 7.16.